The molecule has 3 aromatic carbocycles. The van der Waals surface area contributed by atoms with Gasteiger partial charge in [0.25, 0.3) is 0 Å². The highest BCUT2D eigenvalue weighted by atomic mass is 32.2. The van der Waals surface area contributed by atoms with Crippen LogP contribution < -0.4 is 25.4 Å². The van der Waals surface area contributed by atoms with Gasteiger partial charge in [0.2, 0.25) is 28.6 Å². The molecule has 52 heavy (non-hydrogen) atoms. The van der Waals surface area contributed by atoms with Crippen molar-refractivity contribution < 1.29 is 42.1 Å². The number of aliphatic hydroxyl groups is 1. The van der Waals surface area contributed by atoms with E-state index in [-0.39, 0.29) is 87.9 Å². The zero-order chi connectivity index (χ0) is 37.8. The molecular formula is C38H50N4O9S. The standard InChI is InChI=1S/C38H50N4O9S/c1-28(2)24-42(52(47,48)31-15-16-32-33(21-31)51-27-50-32)38(46,22-29-11-7-5-8-12-29)18-20-39-35(44)23-37(3,4)26-41-34(43)17-19-40-36(45)49-25-30-13-9-6-10-14-30/h5-16,21,28,46H,17-20,22-27H2,1-4H3,(H,39,44)(H,40,45)(H,41,43). The minimum absolute atomic E-state index is 0.0120. The van der Waals surface area contributed by atoms with Gasteiger partial charge in [-0.1, -0.05) is 88.4 Å². The Hall–Kier alpha value is -4.66. The quantitative estimate of drug-likeness (QED) is 0.131. The largest absolute Gasteiger partial charge is 0.454 e. The smallest absolute Gasteiger partial charge is 0.407 e. The van der Waals surface area contributed by atoms with E-state index < -0.39 is 27.3 Å². The van der Waals surface area contributed by atoms with Crippen molar-refractivity contribution >= 4 is 27.9 Å². The number of carbonyl (C=O) groups excluding carboxylic acids is 3. The third-order valence-electron chi connectivity index (χ3n) is 8.34. The number of alkyl carbamates (subject to hydrolysis) is 1. The minimum atomic E-state index is -4.25. The first-order valence-corrected chi connectivity index (χ1v) is 18.8. The highest BCUT2D eigenvalue weighted by Crippen LogP contribution is 2.37. The van der Waals surface area contributed by atoms with Crippen molar-refractivity contribution in [2.24, 2.45) is 11.3 Å². The molecule has 3 aromatic rings. The Morgan fingerprint density at radius 1 is 0.865 bits per heavy atom. The highest BCUT2D eigenvalue weighted by Gasteiger charge is 2.43. The van der Waals surface area contributed by atoms with Gasteiger partial charge in [0.05, 0.1) is 4.90 Å². The molecule has 4 N–H and O–H groups in total. The second-order valence-corrected chi connectivity index (χ2v) is 15.9. The van der Waals surface area contributed by atoms with Crippen LogP contribution in [0.3, 0.4) is 0 Å². The highest BCUT2D eigenvalue weighted by molar-refractivity contribution is 7.89. The molecule has 0 radical (unpaired) electrons. The average Bonchev–Trinajstić information content (AvgIpc) is 3.58. The summed E-state index contributed by atoms with van der Waals surface area (Å²) in [6.07, 6.45) is -0.647. The van der Waals surface area contributed by atoms with Crippen LogP contribution in [0.4, 0.5) is 4.79 Å². The maximum Gasteiger partial charge on any atom is 0.407 e. The van der Waals surface area contributed by atoms with Gasteiger partial charge in [0.1, 0.15) is 12.3 Å². The van der Waals surface area contributed by atoms with Gasteiger partial charge in [0.15, 0.2) is 11.5 Å². The Morgan fingerprint density at radius 3 is 2.19 bits per heavy atom. The van der Waals surface area contributed by atoms with Gasteiger partial charge < -0.3 is 35.3 Å². The molecule has 0 saturated carbocycles. The van der Waals surface area contributed by atoms with Crippen LogP contribution >= 0.6 is 0 Å². The van der Waals surface area contributed by atoms with Crippen LogP contribution in [0.1, 0.15) is 58.1 Å². The van der Waals surface area contributed by atoms with E-state index in [1.807, 2.05) is 88.4 Å². The molecule has 14 heteroatoms. The molecule has 3 amide bonds. The van der Waals surface area contributed by atoms with E-state index in [0.717, 1.165) is 15.4 Å². The van der Waals surface area contributed by atoms with Gasteiger partial charge in [-0.15, -0.1) is 0 Å². The lowest BCUT2D eigenvalue weighted by molar-refractivity contribution is -0.125. The van der Waals surface area contributed by atoms with E-state index in [4.69, 9.17) is 14.2 Å². The Morgan fingerprint density at radius 2 is 1.52 bits per heavy atom. The average molecular weight is 739 g/mol. The van der Waals surface area contributed by atoms with E-state index in [0.29, 0.717) is 11.5 Å². The number of nitrogens with zero attached hydrogens (tertiary/aromatic N) is 1. The van der Waals surface area contributed by atoms with Crippen LogP contribution in [-0.4, -0.2) is 74.4 Å². The SMILES string of the molecule is CC(C)CN(C(O)(CCNC(=O)CC(C)(C)CNC(=O)CCNC(=O)OCc1ccccc1)Cc1ccccc1)S(=O)(=O)c1ccc2c(c1)OCO2. The van der Waals surface area contributed by atoms with Crippen LogP contribution in [0.5, 0.6) is 11.5 Å². The molecule has 0 saturated heterocycles. The number of sulfonamides is 1. The molecule has 0 aromatic heterocycles. The molecule has 13 nitrogen and oxygen atoms in total. The molecule has 1 aliphatic heterocycles. The van der Waals surface area contributed by atoms with Gasteiger partial charge in [-0.05, 0) is 34.6 Å². The van der Waals surface area contributed by atoms with Crippen molar-refractivity contribution in [2.45, 2.75) is 70.6 Å². The van der Waals surface area contributed by atoms with Crippen LogP contribution in [0, 0.1) is 11.3 Å². The maximum absolute atomic E-state index is 14.2. The number of benzene rings is 3. The van der Waals surface area contributed by atoms with Crippen LogP contribution in [0.15, 0.2) is 83.8 Å². The van der Waals surface area contributed by atoms with E-state index in [1.165, 1.54) is 18.2 Å². The third-order valence-corrected chi connectivity index (χ3v) is 10.3. The number of hydrogen-bond donors (Lipinski definition) is 4. The van der Waals surface area contributed by atoms with Gasteiger partial charge in [-0.25, -0.2) is 13.2 Å². The zero-order valence-electron chi connectivity index (χ0n) is 30.2. The predicted molar refractivity (Wildman–Crippen MR) is 195 cm³/mol. The summed E-state index contributed by atoms with van der Waals surface area (Å²) in [5.74, 6) is -0.0113. The van der Waals surface area contributed by atoms with Gasteiger partial charge in [0, 0.05) is 57.9 Å². The summed E-state index contributed by atoms with van der Waals surface area (Å²) in [4.78, 5) is 37.5. The van der Waals surface area contributed by atoms with Crippen molar-refractivity contribution in [3.63, 3.8) is 0 Å². The fourth-order valence-corrected chi connectivity index (χ4v) is 7.50. The van der Waals surface area contributed by atoms with Crippen molar-refractivity contribution in [1.29, 1.82) is 0 Å². The summed E-state index contributed by atoms with van der Waals surface area (Å²) in [5, 5.41) is 20.5. The Kier molecular flexibility index (Phi) is 14.0. The Labute approximate surface area is 306 Å². The summed E-state index contributed by atoms with van der Waals surface area (Å²) in [6, 6.07) is 22.7. The number of rotatable bonds is 19. The molecule has 1 atom stereocenters. The normalized spacial score (nSPS) is 13.8. The molecule has 1 heterocycles. The lowest BCUT2D eigenvalue weighted by Gasteiger charge is -2.40. The molecule has 0 bridgehead atoms. The Bertz CT molecular complexity index is 1750. The lowest BCUT2D eigenvalue weighted by Crippen LogP contribution is -2.55. The Balaban J connectivity index is 1.32. The monoisotopic (exact) mass is 738 g/mol. The molecule has 0 fully saturated rings. The summed E-state index contributed by atoms with van der Waals surface area (Å²) < 4.78 is 45.5. The molecule has 0 aliphatic carbocycles. The number of nitrogens with one attached hydrogen (secondary N) is 3. The second kappa shape index (κ2) is 18.2. The summed E-state index contributed by atoms with van der Waals surface area (Å²) in [7, 11) is -4.25. The van der Waals surface area contributed by atoms with E-state index >= 15 is 0 Å². The fourth-order valence-electron chi connectivity index (χ4n) is 5.65. The molecule has 4 rings (SSSR count). The maximum atomic E-state index is 14.2. The van der Waals surface area contributed by atoms with Gasteiger partial charge >= 0.3 is 6.09 Å². The fraction of sp³-hybridized carbons (Fsp3) is 0.447. The first kappa shape index (κ1) is 40.1. The first-order valence-electron chi connectivity index (χ1n) is 17.3. The van der Waals surface area contributed by atoms with Crippen LogP contribution in [-0.2, 0) is 37.4 Å². The molecule has 0 spiro atoms. The summed E-state index contributed by atoms with van der Waals surface area (Å²) in [6.45, 7) is 7.80. The topological polar surface area (TPSA) is 173 Å². The van der Waals surface area contributed by atoms with Crippen molar-refractivity contribution in [3.05, 3.63) is 90.0 Å². The third kappa shape index (κ3) is 12.0. The molecule has 282 valence electrons. The number of hydrogen-bond acceptors (Lipinski definition) is 9. The van der Waals surface area contributed by atoms with E-state index in [2.05, 4.69) is 16.0 Å². The minimum Gasteiger partial charge on any atom is -0.454 e. The lowest BCUT2D eigenvalue weighted by atomic mass is 9.88. The second-order valence-electron chi connectivity index (χ2n) is 14.0. The van der Waals surface area contributed by atoms with E-state index in [1.54, 1.807) is 0 Å². The van der Waals surface area contributed by atoms with E-state index in [9.17, 15) is 27.9 Å². The molecule has 1 aliphatic rings. The number of carbonyl (C=O) groups is 3. The van der Waals surface area contributed by atoms with Crippen molar-refractivity contribution in [2.75, 3.05) is 33.0 Å². The van der Waals surface area contributed by atoms with Crippen molar-refractivity contribution in [1.82, 2.24) is 20.3 Å². The summed E-state index contributed by atoms with van der Waals surface area (Å²) >= 11 is 0. The predicted octanol–water partition coefficient (Wildman–Crippen LogP) is 4.35. The first-order chi connectivity index (χ1) is 24.7. The zero-order valence-corrected chi connectivity index (χ0v) is 31.0. The van der Waals surface area contributed by atoms with Gasteiger partial charge in [-0.3, -0.25) is 9.59 Å². The number of amides is 3. The van der Waals surface area contributed by atoms with Crippen LogP contribution in [0.25, 0.3) is 0 Å². The molecule has 1 unspecified atom stereocenters. The van der Waals surface area contributed by atoms with Crippen molar-refractivity contribution in [3.8, 4) is 11.5 Å². The number of fused-ring (bicyclic) bond motifs is 1. The van der Waals surface area contributed by atoms with Gasteiger partial charge in [-0.2, -0.15) is 4.31 Å². The number of ether oxygens (including phenoxy) is 3. The summed E-state index contributed by atoms with van der Waals surface area (Å²) in [5.41, 5.74) is -0.959. The van der Waals surface area contributed by atoms with Crippen LogP contribution in [0.2, 0.25) is 0 Å². The molecular weight excluding hydrogens is 689 g/mol.